The van der Waals surface area contributed by atoms with Crippen molar-refractivity contribution in [3.05, 3.63) is 11.6 Å². The number of nitrogens with one attached hydrogen (secondary N) is 1. The van der Waals surface area contributed by atoms with Crippen LogP contribution in [0.15, 0.2) is 11.6 Å². The topological polar surface area (TPSA) is 58.6 Å². The van der Waals surface area contributed by atoms with Gasteiger partial charge in [-0.1, -0.05) is 5.57 Å². The highest BCUT2D eigenvalue weighted by Gasteiger charge is 2.16. The molecule has 0 fully saturated rings. The van der Waals surface area contributed by atoms with Crippen LogP contribution in [0.2, 0.25) is 0 Å². The molecular weight excluding hydrogens is 194 g/mol. The second-order valence-electron chi connectivity index (χ2n) is 3.98. The summed E-state index contributed by atoms with van der Waals surface area (Å²) in [6.07, 6.45) is 4.12. The summed E-state index contributed by atoms with van der Waals surface area (Å²) >= 11 is 0. The summed E-state index contributed by atoms with van der Waals surface area (Å²) in [5.41, 5.74) is 1.17. The summed E-state index contributed by atoms with van der Waals surface area (Å²) < 4.78 is 5.16. The number of ether oxygens (including phenoxy) is 1. The van der Waals surface area contributed by atoms with Gasteiger partial charge in [0, 0.05) is 7.05 Å². The molecule has 4 nitrogen and oxygen atoms in total. The first-order chi connectivity index (χ1) is 7.11. The van der Waals surface area contributed by atoms with Crippen LogP contribution in [0.5, 0.6) is 0 Å². The highest BCUT2D eigenvalue weighted by molar-refractivity contribution is 5.67. The molecule has 0 saturated heterocycles. The van der Waals surface area contributed by atoms with Gasteiger partial charge in [0.1, 0.15) is 6.10 Å². The van der Waals surface area contributed by atoms with E-state index < -0.39 is 6.09 Å². The van der Waals surface area contributed by atoms with E-state index in [1.807, 2.05) is 13.0 Å². The van der Waals surface area contributed by atoms with Crippen molar-refractivity contribution in [2.24, 2.45) is 0 Å². The minimum Gasteiger partial charge on any atom is -0.442 e. The van der Waals surface area contributed by atoms with E-state index in [0.29, 0.717) is 12.8 Å². The van der Waals surface area contributed by atoms with Crippen LogP contribution in [-0.2, 0) is 4.74 Å². The maximum Gasteiger partial charge on any atom is 0.407 e. The predicted octanol–water partition coefficient (Wildman–Crippen LogP) is 1.59. The summed E-state index contributed by atoms with van der Waals surface area (Å²) in [4.78, 5) is 11.0. The van der Waals surface area contributed by atoms with Crippen molar-refractivity contribution in [2.75, 3.05) is 7.05 Å². The lowest BCUT2D eigenvalue weighted by molar-refractivity contribution is 0.0926. The first-order valence-electron chi connectivity index (χ1n) is 5.35. The quantitative estimate of drug-likeness (QED) is 0.650. The zero-order valence-electron chi connectivity index (χ0n) is 9.32. The van der Waals surface area contributed by atoms with E-state index >= 15 is 0 Å². The molecule has 4 heteroatoms. The SMILES string of the molecule is CNC(=O)OC1/C=C(\C)CCC(O)CC1. The Morgan fingerprint density at radius 2 is 2.27 bits per heavy atom. The van der Waals surface area contributed by atoms with Gasteiger partial charge in [-0.2, -0.15) is 0 Å². The Balaban J connectivity index is 2.56. The monoisotopic (exact) mass is 213 g/mol. The van der Waals surface area contributed by atoms with Gasteiger partial charge in [0.05, 0.1) is 6.10 Å². The molecule has 2 unspecified atom stereocenters. The Kier molecular flexibility index (Phi) is 4.62. The number of alkyl carbamates (subject to hydrolysis) is 1. The first-order valence-corrected chi connectivity index (χ1v) is 5.35. The van der Waals surface area contributed by atoms with Gasteiger partial charge in [-0.05, 0) is 38.7 Å². The lowest BCUT2D eigenvalue weighted by Gasteiger charge is -2.20. The van der Waals surface area contributed by atoms with Crippen LogP contribution in [0.4, 0.5) is 4.79 Å². The van der Waals surface area contributed by atoms with Crippen LogP contribution in [0.1, 0.15) is 32.6 Å². The van der Waals surface area contributed by atoms with Crippen LogP contribution < -0.4 is 5.32 Å². The number of aliphatic hydroxyl groups is 1. The minimum atomic E-state index is -0.417. The maximum atomic E-state index is 11.0. The predicted molar refractivity (Wildman–Crippen MR) is 57.6 cm³/mol. The smallest absolute Gasteiger partial charge is 0.407 e. The molecule has 1 amide bonds. The molecule has 0 aromatic rings. The molecule has 1 aliphatic rings. The van der Waals surface area contributed by atoms with Crippen LogP contribution >= 0.6 is 0 Å². The summed E-state index contributed by atoms with van der Waals surface area (Å²) in [5, 5.41) is 12.0. The number of carbonyl (C=O) groups excluding carboxylic acids is 1. The van der Waals surface area contributed by atoms with E-state index in [2.05, 4.69) is 5.32 Å². The Labute approximate surface area is 90.3 Å². The minimum absolute atomic E-state index is 0.208. The fraction of sp³-hybridized carbons (Fsp3) is 0.727. The fourth-order valence-corrected chi connectivity index (χ4v) is 1.67. The molecule has 0 radical (unpaired) electrons. The van der Waals surface area contributed by atoms with Gasteiger partial charge in [-0.3, -0.25) is 0 Å². The normalized spacial score (nSPS) is 30.7. The average Bonchev–Trinajstić information content (AvgIpc) is 2.20. The van der Waals surface area contributed by atoms with Gasteiger partial charge >= 0.3 is 6.09 Å². The van der Waals surface area contributed by atoms with Crippen molar-refractivity contribution < 1.29 is 14.6 Å². The molecule has 0 bridgehead atoms. The fourth-order valence-electron chi connectivity index (χ4n) is 1.67. The Bertz CT molecular complexity index is 250. The average molecular weight is 213 g/mol. The number of hydrogen-bond acceptors (Lipinski definition) is 3. The zero-order chi connectivity index (χ0) is 11.3. The molecule has 86 valence electrons. The maximum absolute atomic E-state index is 11.0. The molecule has 1 aliphatic carbocycles. The molecule has 0 aromatic carbocycles. The summed E-state index contributed by atoms with van der Waals surface area (Å²) in [6, 6.07) is 0. The molecule has 0 saturated carbocycles. The van der Waals surface area contributed by atoms with Gasteiger partial charge < -0.3 is 15.2 Å². The van der Waals surface area contributed by atoms with Crippen molar-refractivity contribution in [3.63, 3.8) is 0 Å². The Morgan fingerprint density at radius 3 is 2.93 bits per heavy atom. The third kappa shape index (κ3) is 4.34. The van der Waals surface area contributed by atoms with Crippen molar-refractivity contribution in [3.8, 4) is 0 Å². The van der Waals surface area contributed by atoms with Gasteiger partial charge in [-0.15, -0.1) is 0 Å². The molecule has 0 aromatic heterocycles. The lowest BCUT2D eigenvalue weighted by atomic mass is 9.97. The molecule has 0 heterocycles. The Hall–Kier alpha value is -1.03. The summed E-state index contributed by atoms with van der Waals surface area (Å²) in [5.74, 6) is 0. The third-order valence-electron chi connectivity index (χ3n) is 2.59. The van der Waals surface area contributed by atoms with Gasteiger partial charge in [0.15, 0.2) is 0 Å². The van der Waals surface area contributed by atoms with E-state index in [1.165, 1.54) is 12.6 Å². The van der Waals surface area contributed by atoms with Crippen molar-refractivity contribution in [1.82, 2.24) is 5.32 Å². The van der Waals surface area contributed by atoms with Crippen LogP contribution in [-0.4, -0.2) is 30.5 Å². The van der Waals surface area contributed by atoms with E-state index in [0.717, 1.165) is 12.8 Å². The summed E-state index contributed by atoms with van der Waals surface area (Å²) in [6.45, 7) is 2.00. The molecule has 0 spiro atoms. The largest absolute Gasteiger partial charge is 0.442 e. The molecule has 0 aliphatic heterocycles. The standard InChI is InChI=1S/C11H19NO3/c1-8-3-4-9(13)5-6-10(7-8)15-11(14)12-2/h7,9-10,13H,3-6H2,1-2H3,(H,12,14)/b8-7+. The first kappa shape index (κ1) is 12.0. The van der Waals surface area contributed by atoms with Gasteiger partial charge in [0.2, 0.25) is 0 Å². The van der Waals surface area contributed by atoms with E-state index in [9.17, 15) is 9.90 Å². The number of carbonyl (C=O) groups is 1. The highest BCUT2D eigenvalue weighted by Crippen LogP contribution is 2.19. The molecule has 1 rings (SSSR count). The van der Waals surface area contributed by atoms with Crippen molar-refractivity contribution in [1.29, 1.82) is 0 Å². The number of rotatable bonds is 1. The van der Waals surface area contributed by atoms with Gasteiger partial charge in [0.25, 0.3) is 0 Å². The van der Waals surface area contributed by atoms with Crippen LogP contribution in [0, 0.1) is 0 Å². The Morgan fingerprint density at radius 1 is 1.53 bits per heavy atom. The van der Waals surface area contributed by atoms with Crippen LogP contribution in [0.3, 0.4) is 0 Å². The van der Waals surface area contributed by atoms with Gasteiger partial charge in [-0.25, -0.2) is 4.79 Å². The van der Waals surface area contributed by atoms with E-state index in [-0.39, 0.29) is 12.2 Å². The number of amides is 1. The molecule has 15 heavy (non-hydrogen) atoms. The van der Waals surface area contributed by atoms with E-state index in [4.69, 9.17) is 4.74 Å². The van der Waals surface area contributed by atoms with Crippen molar-refractivity contribution in [2.45, 2.75) is 44.8 Å². The van der Waals surface area contributed by atoms with E-state index in [1.54, 1.807) is 0 Å². The third-order valence-corrected chi connectivity index (χ3v) is 2.59. The second kappa shape index (κ2) is 5.75. The number of allylic oxidation sites excluding steroid dienone is 1. The molecule has 2 N–H and O–H groups in total. The second-order valence-corrected chi connectivity index (χ2v) is 3.98. The van der Waals surface area contributed by atoms with Crippen molar-refractivity contribution >= 4 is 6.09 Å². The summed E-state index contributed by atoms with van der Waals surface area (Å²) in [7, 11) is 1.54. The number of aliphatic hydroxyl groups excluding tert-OH is 1. The number of hydrogen-bond donors (Lipinski definition) is 2. The highest BCUT2D eigenvalue weighted by atomic mass is 16.6. The van der Waals surface area contributed by atoms with Crippen LogP contribution in [0.25, 0.3) is 0 Å². The molecule has 2 atom stereocenters. The zero-order valence-corrected chi connectivity index (χ0v) is 9.32. The lowest BCUT2D eigenvalue weighted by Crippen LogP contribution is -2.26. The molecular formula is C11H19NO3.